The van der Waals surface area contributed by atoms with Gasteiger partial charge in [-0.15, -0.1) is 0 Å². The molecule has 0 heterocycles. The van der Waals surface area contributed by atoms with Gasteiger partial charge >= 0.3 is 5.97 Å². The van der Waals surface area contributed by atoms with E-state index in [1.807, 2.05) is 12.1 Å². The van der Waals surface area contributed by atoms with Crippen LogP contribution < -0.4 is 0 Å². The molecular formula is C26H44O2. The van der Waals surface area contributed by atoms with Gasteiger partial charge in [0.1, 0.15) is 0 Å². The lowest BCUT2D eigenvalue weighted by atomic mass is 10.0. The van der Waals surface area contributed by atoms with Crippen LogP contribution in [0.25, 0.3) is 0 Å². The van der Waals surface area contributed by atoms with Gasteiger partial charge in [0.25, 0.3) is 0 Å². The average Bonchev–Trinajstić information content (AvgIpc) is 2.72. The summed E-state index contributed by atoms with van der Waals surface area (Å²) in [6, 6.07) is 7.91. The highest BCUT2D eigenvalue weighted by Gasteiger charge is 2.06. The number of unbranched alkanes of at least 4 members (excludes halogenated alkanes) is 13. The van der Waals surface area contributed by atoms with Crippen LogP contribution in [0, 0.1) is 0 Å². The summed E-state index contributed by atoms with van der Waals surface area (Å²) in [5, 5.41) is 0. The lowest BCUT2D eigenvalue weighted by molar-refractivity contribution is 0.0497. The number of carbonyl (C=O) groups excluding carboxylic acids is 1. The molecule has 0 radical (unpaired) electrons. The van der Waals surface area contributed by atoms with Crippen LogP contribution in [0.4, 0.5) is 0 Å². The molecule has 28 heavy (non-hydrogen) atoms. The lowest BCUT2D eigenvalue weighted by Gasteiger charge is -2.06. The Balaban J connectivity index is 1.92. The van der Waals surface area contributed by atoms with Crippen molar-refractivity contribution in [2.75, 3.05) is 6.61 Å². The Morgan fingerprint density at radius 3 is 1.61 bits per heavy atom. The Labute approximate surface area is 174 Å². The number of ether oxygens (including phenoxy) is 1. The van der Waals surface area contributed by atoms with Gasteiger partial charge in [0.15, 0.2) is 0 Å². The van der Waals surface area contributed by atoms with Gasteiger partial charge in [-0.3, -0.25) is 0 Å². The zero-order valence-corrected chi connectivity index (χ0v) is 18.6. The van der Waals surface area contributed by atoms with E-state index in [0.29, 0.717) is 12.2 Å². The first-order valence-corrected chi connectivity index (χ1v) is 12.0. The molecule has 0 aliphatic heterocycles. The first-order chi connectivity index (χ1) is 13.8. The molecule has 1 rings (SSSR count). The van der Waals surface area contributed by atoms with Gasteiger partial charge in [-0.1, -0.05) is 109 Å². The lowest BCUT2D eigenvalue weighted by Crippen LogP contribution is -2.06. The molecular weight excluding hydrogens is 344 g/mol. The predicted molar refractivity (Wildman–Crippen MR) is 121 cm³/mol. The van der Waals surface area contributed by atoms with Gasteiger partial charge in [-0.2, -0.15) is 0 Å². The van der Waals surface area contributed by atoms with E-state index in [4.69, 9.17) is 4.74 Å². The summed E-state index contributed by atoms with van der Waals surface area (Å²) in [6.45, 7) is 5.02. The summed E-state index contributed by atoms with van der Waals surface area (Å²) < 4.78 is 5.41. The van der Waals surface area contributed by atoms with Crippen molar-refractivity contribution in [2.24, 2.45) is 0 Å². The normalized spacial score (nSPS) is 10.9. The first-order valence-electron chi connectivity index (χ1n) is 12.0. The average molecular weight is 389 g/mol. The molecule has 0 saturated carbocycles. The van der Waals surface area contributed by atoms with Crippen molar-refractivity contribution in [2.45, 2.75) is 117 Å². The summed E-state index contributed by atoms with van der Waals surface area (Å²) in [7, 11) is 0. The standard InChI is InChI=1S/C26H44O2/c1-3-5-7-8-9-10-11-12-13-14-15-16-17-23-28-26(27)25-21-19-24(20-22-25)18-6-4-2/h19-22H,3-18,23H2,1-2H3. The second-order valence-corrected chi connectivity index (χ2v) is 8.18. The molecule has 0 aliphatic carbocycles. The molecule has 1 aromatic carbocycles. The number of hydrogen-bond acceptors (Lipinski definition) is 2. The van der Waals surface area contributed by atoms with E-state index in [2.05, 4.69) is 26.0 Å². The highest BCUT2D eigenvalue weighted by molar-refractivity contribution is 5.89. The molecule has 160 valence electrons. The van der Waals surface area contributed by atoms with Crippen LogP contribution in [0.2, 0.25) is 0 Å². The zero-order valence-electron chi connectivity index (χ0n) is 18.6. The minimum Gasteiger partial charge on any atom is -0.462 e. The molecule has 0 spiro atoms. The Kier molecular flexibility index (Phi) is 15.7. The van der Waals surface area contributed by atoms with Crippen LogP contribution in [0.1, 0.15) is 126 Å². The van der Waals surface area contributed by atoms with Gasteiger partial charge in [-0.05, 0) is 37.0 Å². The quantitative estimate of drug-likeness (QED) is 0.187. The molecule has 0 amide bonds. The van der Waals surface area contributed by atoms with E-state index in [0.717, 1.165) is 12.8 Å². The van der Waals surface area contributed by atoms with Crippen LogP contribution in [-0.2, 0) is 11.2 Å². The Hall–Kier alpha value is -1.31. The largest absolute Gasteiger partial charge is 0.462 e. The Bertz CT molecular complexity index is 478. The van der Waals surface area contributed by atoms with Crippen molar-refractivity contribution in [3.05, 3.63) is 35.4 Å². The molecule has 1 aromatic rings. The van der Waals surface area contributed by atoms with Crippen molar-refractivity contribution in [3.63, 3.8) is 0 Å². The van der Waals surface area contributed by atoms with E-state index in [1.54, 1.807) is 0 Å². The minimum atomic E-state index is -0.180. The van der Waals surface area contributed by atoms with Gasteiger partial charge in [0.2, 0.25) is 0 Å². The summed E-state index contributed by atoms with van der Waals surface area (Å²) in [6.07, 6.45) is 20.8. The van der Waals surface area contributed by atoms with E-state index in [1.165, 1.54) is 95.5 Å². The number of rotatable bonds is 18. The monoisotopic (exact) mass is 388 g/mol. The highest BCUT2D eigenvalue weighted by atomic mass is 16.5. The molecule has 0 atom stereocenters. The van der Waals surface area contributed by atoms with Crippen molar-refractivity contribution >= 4 is 5.97 Å². The zero-order chi connectivity index (χ0) is 20.3. The Morgan fingerprint density at radius 2 is 1.11 bits per heavy atom. The van der Waals surface area contributed by atoms with Crippen LogP contribution in [0.3, 0.4) is 0 Å². The summed E-state index contributed by atoms with van der Waals surface area (Å²) in [5.74, 6) is -0.180. The number of carbonyl (C=O) groups is 1. The molecule has 0 aromatic heterocycles. The van der Waals surface area contributed by atoms with Crippen molar-refractivity contribution in [1.82, 2.24) is 0 Å². The predicted octanol–water partition coefficient (Wildman–Crippen LogP) is 8.28. The van der Waals surface area contributed by atoms with Crippen LogP contribution in [-0.4, -0.2) is 12.6 Å². The summed E-state index contributed by atoms with van der Waals surface area (Å²) >= 11 is 0. The minimum absolute atomic E-state index is 0.180. The summed E-state index contributed by atoms with van der Waals surface area (Å²) in [4.78, 5) is 12.1. The van der Waals surface area contributed by atoms with E-state index in [9.17, 15) is 4.79 Å². The van der Waals surface area contributed by atoms with Gasteiger partial charge < -0.3 is 4.74 Å². The van der Waals surface area contributed by atoms with Gasteiger partial charge in [-0.25, -0.2) is 4.79 Å². The molecule has 0 N–H and O–H groups in total. The fourth-order valence-electron chi connectivity index (χ4n) is 3.56. The third kappa shape index (κ3) is 13.0. The maximum atomic E-state index is 12.1. The van der Waals surface area contributed by atoms with E-state index >= 15 is 0 Å². The highest BCUT2D eigenvalue weighted by Crippen LogP contribution is 2.13. The van der Waals surface area contributed by atoms with Crippen LogP contribution in [0.15, 0.2) is 24.3 Å². The maximum Gasteiger partial charge on any atom is 0.338 e. The van der Waals surface area contributed by atoms with Crippen molar-refractivity contribution in [1.29, 1.82) is 0 Å². The number of aryl methyl sites for hydroxylation is 1. The molecule has 0 unspecified atom stereocenters. The van der Waals surface area contributed by atoms with Gasteiger partial charge in [0.05, 0.1) is 12.2 Å². The second kappa shape index (κ2) is 17.8. The number of esters is 1. The van der Waals surface area contributed by atoms with Crippen LogP contribution in [0.5, 0.6) is 0 Å². The van der Waals surface area contributed by atoms with Crippen molar-refractivity contribution < 1.29 is 9.53 Å². The fraction of sp³-hybridized carbons (Fsp3) is 0.731. The molecule has 0 fully saturated rings. The third-order valence-corrected chi connectivity index (χ3v) is 5.49. The second-order valence-electron chi connectivity index (χ2n) is 8.18. The smallest absolute Gasteiger partial charge is 0.338 e. The first kappa shape index (κ1) is 24.7. The van der Waals surface area contributed by atoms with Crippen molar-refractivity contribution in [3.8, 4) is 0 Å². The SMILES string of the molecule is CCCCCCCCCCCCCCCOC(=O)c1ccc(CCCC)cc1. The molecule has 0 bridgehead atoms. The maximum absolute atomic E-state index is 12.1. The molecule has 2 heteroatoms. The third-order valence-electron chi connectivity index (χ3n) is 5.49. The van der Waals surface area contributed by atoms with E-state index < -0.39 is 0 Å². The number of benzene rings is 1. The van der Waals surface area contributed by atoms with Crippen LogP contribution >= 0.6 is 0 Å². The topological polar surface area (TPSA) is 26.3 Å². The summed E-state index contributed by atoms with van der Waals surface area (Å²) in [5.41, 5.74) is 1.98. The Morgan fingerprint density at radius 1 is 0.643 bits per heavy atom. The fourth-order valence-corrected chi connectivity index (χ4v) is 3.56. The van der Waals surface area contributed by atoms with Gasteiger partial charge in [0, 0.05) is 0 Å². The molecule has 0 saturated heterocycles. The van der Waals surface area contributed by atoms with E-state index in [-0.39, 0.29) is 5.97 Å². The molecule has 2 nitrogen and oxygen atoms in total. The molecule has 0 aliphatic rings. The number of hydrogen-bond donors (Lipinski definition) is 0.